The van der Waals surface area contributed by atoms with E-state index < -0.39 is 0 Å². The van der Waals surface area contributed by atoms with E-state index in [9.17, 15) is 4.79 Å². The lowest BCUT2D eigenvalue weighted by Gasteiger charge is -2.05. The third-order valence-electron chi connectivity index (χ3n) is 3.02. The number of hydrogen-bond donors (Lipinski definition) is 1. The highest BCUT2D eigenvalue weighted by Crippen LogP contribution is 2.35. The van der Waals surface area contributed by atoms with Gasteiger partial charge in [0.05, 0.1) is 12.8 Å². The number of ether oxygens (including phenoxy) is 1. The molecule has 0 unspecified atom stereocenters. The van der Waals surface area contributed by atoms with E-state index in [1.165, 1.54) is 29.6 Å². The van der Waals surface area contributed by atoms with Gasteiger partial charge in [0, 0.05) is 10.9 Å². The molecule has 1 aromatic heterocycles. The van der Waals surface area contributed by atoms with Crippen LogP contribution in [0.1, 0.15) is 20.8 Å². The van der Waals surface area contributed by atoms with Crippen molar-refractivity contribution in [2.24, 2.45) is 0 Å². The first kappa shape index (κ1) is 12.6. The number of nitrogens with two attached hydrogens (primary N) is 1. The topological polar surface area (TPSA) is 52.3 Å². The van der Waals surface area contributed by atoms with Crippen LogP contribution in [-0.2, 0) is 4.74 Å². The van der Waals surface area contributed by atoms with Crippen molar-refractivity contribution in [3.63, 3.8) is 0 Å². The summed E-state index contributed by atoms with van der Waals surface area (Å²) in [4.78, 5) is 12.0. The molecule has 1 heterocycles. The molecule has 0 aliphatic carbocycles. The molecule has 0 radical (unpaired) electrons. The Morgan fingerprint density at radius 2 is 2.00 bits per heavy atom. The molecular formula is C14H15NO2S. The van der Waals surface area contributed by atoms with Crippen molar-refractivity contribution in [2.45, 2.75) is 13.8 Å². The highest BCUT2D eigenvalue weighted by Gasteiger charge is 2.17. The number of aryl methyl sites for hydroxylation is 2. The fraction of sp³-hybridized carbons (Fsp3) is 0.214. The predicted octanol–water partition coefficient (Wildman–Crippen LogP) is 3.40. The first-order valence-corrected chi connectivity index (χ1v) is 6.45. The summed E-state index contributed by atoms with van der Waals surface area (Å²) >= 11 is 1.31. The maximum atomic E-state index is 11.5. The fourth-order valence-electron chi connectivity index (χ4n) is 1.75. The molecule has 0 aliphatic heterocycles. The summed E-state index contributed by atoms with van der Waals surface area (Å²) in [5.41, 5.74) is 10.9. The van der Waals surface area contributed by atoms with Crippen LogP contribution in [0.4, 0.5) is 5.69 Å². The van der Waals surface area contributed by atoms with E-state index >= 15 is 0 Å². The summed E-state index contributed by atoms with van der Waals surface area (Å²) in [7, 11) is 1.36. The van der Waals surface area contributed by atoms with Crippen LogP contribution in [0.2, 0.25) is 0 Å². The van der Waals surface area contributed by atoms with Gasteiger partial charge in [0.1, 0.15) is 4.88 Å². The number of anilines is 1. The van der Waals surface area contributed by atoms with Gasteiger partial charge in [0.15, 0.2) is 0 Å². The van der Waals surface area contributed by atoms with Crippen molar-refractivity contribution in [1.29, 1.82) is 0 Å². The molecule has 18 heavy (non-hydrogen) atoms. The number of carbonyl (C=O) groups excluding carboxylic acids is 1. The van der Waals surface area contributed by atoms with E-state index in [2.05, 4.69) is 26.0 Å². The average Bonchev–Trinajstić information content (AvgIpc) is 2.74. The molecule has 94 valence electrons. The van der Waals surface area contributed by atoms with Crippen molar-refractivity contribution in [3.8, 4) is 11.1 Å². The van der Waals surface area contributed by atoms with Gasteiger partial charge in [-0.1, -0.05) is 18.2 Å². The largest absolute Gasteiger partial charge is 0.465 e. The predicted molar refractivity (Wildman–Crippen MR) is 75.0 cm³/mol. The molecule has 2 aromatic rings. The van der Waals surface area contributed by atoms with Gasteiger partial charge in [-0.15, -0.1) is 11.3 Å². The van der Waals surface area contributed by atoms with Crippen LogP contribution < -0.4 is 5.73 Å². The zero-order valence-corrected chi connectivity index (χ0v) is 11.4. The Bertz CT molecular complexity index is 602. The Balaban J connectivity index is 2.48. The van der Waals surface area contributed by atoms with E-state index in [4.69, 9.17) is 10.5 Å². The molecule has 0 spiro atoms. The normalized spacial score (nSPS) is 10.4. The number of rotatable bonds is 2. The average molecular weight is 261 g/mol. The van der Waals surface area contributed by atoms with Gasteiger partial charge in [-0.05, 0) is 30.5 Å². The molecule has 0 aliphatic rings. The SMILES string of the molecule is COC(=O)c1scc(-c2ccc(C)c(C)c2)c1N. The Morgan fingerprint density at radius 3 is 2.61 bits per heavy atom. The van der Waals surface area contributed by atoms with Crippen LogP contribution in [-0.4, -0.2) is 13.1 Å². The van der Waals surface area contributed by atoms with Crippen LogP contribution >= 0.6 is 11.3 Å². The third-order valence-corrected chi connectivity index (χ3v) is 3.99. The molecular weight excluding hydrogens is 246 g/mol. The van der Waals surface area contributed by atoms with Crippen molar-refractivity contribution in [3.05, 3.63) is 39.6 Å². The first-order chi connectivity index (χ1) is 8.54. The van der Waals surface area contributed by atoms with E-state index in [-0.39, 0.29) is 5.97 Å². The fourth-order valence-corrected chi connectivity index (χ4v) is 2.67. The van der Waals surface area contributed by atoms with Crippen LogP contribution in [0.5, 0.6) is 0 Å². The molecule has 4 heteroatoms. The Hall–Kier alpha value is -1.81. The lowest BCUT2D eigenvalue weighted by molar-refractivity contribution is 0.0607. The van der Waals surface area contributed by atoms with Crippen molar-refractivity contribution < 1.29 is 9.53 Å². The number of esters is 1. The van der Waals surface area contributed by atoms with Gasteiger partial charge in [0.2, 0.25) is 0 Å². The Labute approximate surface area is 110 Å². The second-order valence-electron chi connectivity index (χ2n) is 4.18. The Kier molecular flexibility index (Phi) is 3.39. The molecule has 3 nitrogen and oxygen atoms in total. The minimum Gasteiger partial charge on any atom is -0.465 e. The second-order valence-corrected chi connectivity index (χ2v) is 5.06. The van der Waals surface area contributed by atoms with Crippen molar-refractivity contribution in [2.75, 3.05) is 12.8 Å². The van der Waals surface area contributed by atoms with Crippen molar-refractivity contribution >= 4 is 23.0 Å². The van der Waals surface area contributed by atoms with E-state index in [1.807, 2.05) is 11.4 Å². The van der Waals surface area contributed by atoms with Crippen molar-refractivity contribution in [1.82, 2.24) is 0 Å². The van der Waals surface area contributed by atoms with Crippen LogP contribution in [0.25, 0.3) is 11.1 Å². The number of nitrogen functional groups attached to an aromatic ring is 1. The minimum atomic E-state index is -0.382. The summed E-state index contributed by atoms with van der Waals surface area (Å²) in [5, 5.41) is 1.89. The number of benzene rings is 1. The van der Waals surface area contributed by atoms with Gasteiger partial charge >= 0.3 is 5.97 Å². The standard InChI is InChI=1S/C14H15NO2S/c1-8-4-5-10(6-9(8)2)11-7-18-13(12(11)15)14(16)17-3/h4-7H,15H2,1-3H3. The number of hydrogen-bond acceptors (Lipinski definition) is 4. The molecule has 0 bridgehead atoms. The summed E-state index contributed by atoms with van der Waals surface area (Å²) in [6.07, 6.45) is 0. The second kappa shape index (κ2) is 4.82. The van der Waals surface area contributed by atoms with E-state index in [0.717, 1.165) is 11.1 Å². The van der Waals surface area contributed by atoms with Crippen LogP contribution in [0.15, 0.2) is 23.6 Å². The molecule has 1 aromatic carbocycles. The molecule has 0 fully saturated rings. The third kappa shape index (κ3) is 2.11. The van der Waals surface area contributed by atoms with Gasteiger partial charge < -0.3 is 10.5 Å². The van der Waals surface area contributed by atoms with Crippen LogP contribution in [0.3, 0.4) is 0 Å². The molecule has 2 N–H and O–H groups in total. The maximum Gasteiger partial charge on any atom is 0.350 e. The highest BCUT2D eigenvalue weighted by atomic mass is 32.1. The van der Waals surface area contributed by atoms with Gasteiger partial charge in [-0.25, -0.2) is 4.79 Å². The van der Waals surface area contributed by atoms with Gasteiger partial charge in [-0.2, -0.15) is 0 Å². The minimum absolute atomic E-state index is 0.382. The summed E-state index contributed by atoms with van der Waals surface area (Å²) in [6.45, 7) is 4.12. The zero-order chi connectivity index (χ0) is 13.3. The van der Waals surface area contributed by atoms with E-state index in [0.29, 0.717) is 10.6 Å². The van der Waals surface area contributed by atoms with E-state index in [1.54, 1.807) is 0 Å². The number of thiophene rings is 1. The molecule has 0 saturated carbocycles. The van der Waals surface area contributed by atoms with Gasteiger partial charge in [-0.3, -0.25) is 0 Å². The number of carbonyl (C=O) groups is 1. The van der Waals surface area contributed by atoms with Gasteiger partial charge in [0.25, 0.3) is 0 Å². The summed E-state index contributed by atoms with van der Waals surface area (Å²) in [5.74, 6) is -0.382. The monoisotopic (exact) mass is 261 g/mol. The molecule has 2 rings (SSSR count). The smallest absolute Gasteiger partial charge is 0.350 e. The Morgan fingerprint density at radius 1 is 1.28 bits per heavy atom. The zero-order valence-electron chi connectivity index (χ0n) is 10.6. The lowest BCUT2D eigenvalue weighted by Crippen LogP contribution is -2.02. The maximum absolute atomic E-state index is 11.5. The molecule has 0 amide bonds. The highest BCUT2D eigenvalue weighted by molar-refractivity contribution is 7.13. The molecule has 0 saturated heterocycles. The first-order valence-electron chi connectivity index (χ1n) is 5.57. The molecule has 0 atom stereocenters. The van der Waals surface area contributed by atoms with Crippen LogP contribution in [0, 0.1) is 13.8 Å². The summed E-state index contributed by atoms with van der Waals surface area (Å²) < 4.78 is 4.70. The number of methoxy groups -OCH3 is 1. The quantitative estimate of drug-likeness (QED) is 0.843. The summed E-state index contributed by atoms with van der Waals surface area (Å²) in [6, 6.07) is 6.15. The lowest BCUT2D eigenvalue weighted by atomic mass is 10.0.